The van der Waals surface area contributed by atoms with Gasteiger partial charge in [-0.2, -0.15) is 0 Å². The van der Waals surface area contributed by atoms with Crippen LogP contribution in [0.15, 0.2) is 24.5 Å². The third kappa shape index (κ3) is 5.06. The van der Waals surface area contributed by atoms with Gasteiger partial charge in [-0.15, -0.1) is 0 Å². The van der Waals surface area contributed by atoms with E-state index in [0.717, 1.165) is 45.6 Å². The summed E-state index contributed by atoms with van der Waals surface area (Å²) >= 11 is 0. The molecule has 1 aromatic rings. The summed E-state index contributed by atoms with van der Waals surface area (Å²) in [5.74, 6) is 0.542. The summed E-state index contributed by atoms with van der Waals surface area (Å²) < 4.78 is 0. The summed E-state index contributed by atoms with van der Waals surface area (Å²) in [6.07, 6.45) is 5.23. The van der Waals surface area contributed by atoms with Gasteiger partial charge in [-0.05, 0) is 30.5 Å². The van der Waals surface area contributed by atoms with Gasteiger partial charge in [-0.3, -0.25) is 19.5 Å². The number of carbonyl (C=O) groups excluding carboxylic acids is 2. The molecule has 1 aromatic heterocycles. The van der Waals surface area contributed by atoms with Crippen LogP contribution in [-0.2, 0) is 16.1 Å². The van der Waals surface area contributed by atoms with Gasteiger partial charge in [0, 0.05) is 69.5 Å². The molecule has 148 valence electrons. The maximum Gasteiger partial charge on any atom is 0.227 e. The molecule has 0 radical (unpaired) electrons. The summed E-state index contributed by atoms with van der Waals surface area (Å²) in [4.78, 5) is 35.7. The lowest BCUT2D eigenvalue weighted by molar-refractivity contribution is -0.145. The van der Waals surface area contributed by atoms with Crippen molar-refractivity contribution in [3.05, 3.63) is 30.1 Å². The van der Waals surface area contributed by atoms with E-state index in [4.69, 9.17) is 0 Å². The number of hydrogen-bond acceptors (Lipinski definition) is 4. The number of pyridine rings is 1. The Bertz CT molecular complexity index is 640. The van der Waals surface area contributed by atoms with Crippen LogP contribution in [0.2, 0.25) is 0 Å². The summed E-state index contributed by atoms with van der Waals surface area (Å²) in [5, 5.41) is 0. The van der Waals surface area contributed by atoms with Crippen molar-refractivity contribution in [2.45, 2.75) is 40.2 Å². The van der Waals surface area contributed by atoms with Crippen molar-refractivity contribution < 1.29 is 9.59 Å². The maximum absolute atomic E-state index is 12.9. The Morgan fingerprint density at radius 1 is 0.963 bits per heavy atom. The van der Waals surface area contributed by atoms with Crippen LogP contribution in [0, 0.1) is 11.3 Å². The average Bonchev–Trinajstić information content (AvgIpc) is 2.68. The van der Waals surface area contributed by atoms with Gasteiger partial charge in [-0.1, -0.05) is 20.8 Å². The molecule has 2 aliphatic heterocycles. The molecule has 0 spiro atoms. The molecule has 27 heavy (non-hydrogen) atoms. The smallest absolute Gasteiger partial charge is 0.227 e. The Balaban J connectivity index is 1.44. The monoisotopic (exact) mass is 372 g/mol. The molecule has 0 aliphatic carbocycles. The number of amides is 2. The van der Waals surface area contributed by atoms with E-state index in [0.29, 0.717) is 13.1 Å². The van der Waals surface area contributed by atoms with E-state index < -0.39 is 0 Å². The highest BCUT2D eigenvalue weighted by molar-refractivity contribution is 5.82. The van der Waals surface area contributed by atoms with Crippen molar-refractivity contribution >= 4 is 11.8 Å². The maximum atomic E-state index is 12.9. The molecule has 3 heterocycles. The minimum Gasteiger partial charge on any atom is -0.342 e. The Kier molecular flexibility index (Phi) is 6.15. The molecule has 0 saturated carbocycles. The number of rotatable bonds is 3. The lowest BCUT2D eigenvalue weighted by Gasteiger charge is -2.39. The van der Waals surface area contributed by atoms with Crippen molar-refractivity contribution in [1.82, 2.24) is 19.7 Å². The number of nitrogens with zero attached hydrogens (tertiary/aromatic N) is 4. The van der Waals surface area contributed by atoms with Crippen LogP contribution >= 0.6 is 0 Å². The van der Waals surface area contributed by atoms with Crippen molar-refractivity contribution in [3.8, 4) is 0 Å². The van der Waals surface area contributed by atoms with Crippen LogP contribution in [0.3, 0.4) is 0 Å². The van der Waals surface area contributed by atoms with Crippen molar-refractivity contribution in [3.63, 3.8) is 0 Å². The van der Waals surface area contributed by atoms with Crippen LogP contribution in [0.1, 0.15) is 39.2 Å². The Labute approximate surface area is 162 Å². The zero-order valence-electron chi connectivity index (χ0n) is 16.9. The average molecular weight is 373 g/mol. The molecule has 0 aromatic carbocycles. The van der Waals surface area contributed by atoms with Gasteiger partial charge in [0.1, 0.15) is 0 Å². The fourth-order valence-corrected chi connectivity index (χ4v) is 3.93. The molecule has 0 bridgehead atoms. The molecule has 2 aliphatic rings. The van der Waals surface area contributed by atoms with E-state index in [1.54, 1.807) is 0 Å². The van der Waals surface area contributed by atoms with Crippen LogP contribution in [-0.4, -0.2) is 70.8 Å². The van der Waals surface area contributed by atoms with Gasteiger partial charge >= 0.3 is 0 Å². The fourth-order valence-electron chi connectivity index (χ4n) is 3.93. The number of piperidine rings is 1. The van der Waals surface area contributed by atoms with Crippen LogP contribution in [0.25, 0.3) is 0 Å². The van der Waals surface area contributed by atoms with Crippen molar-refractivity contribution in [2.75, 3.05) is 39.3 Å². The minimum absolute atomic E-state index is 0.0702. The van der Waals surface area contributed by atoms with E-state index >= 15 is 0 Å². The first-order valence-electron chi connectivity index (χ1n) is 10.0. The summed E-state index contributed by atoms with van der Waals surface area (Å²) in [6, 6.07) is 4.09. The van der Waals surface area contributed by atoms with Gasteiger partial charge in [-0.25, -0.2) is 0 Å². The molecule has 0 atom stereocenters. The Morgan fingerprint density at radius 2 is 1.56 bits per heavy atom. The molecule has 6 nitrogen and oxygen atoms in total. The van der Waals surface area contributed by atoms with Gasteiger partial charge in [0.15, 0.2) is 0 Å². The first kappa shape index (κ1) is 19.8. The highest BCUT2D eigenvalue weighted by Gasteiger charge is 2.34. The molecule has 2 saturated heterocycles. The van der Waals surface area contributed by atoms with Gasteiger partial charge < -0.3 is 9.80 Å². The van der Waals surface area contributed by atoms with E-state index in [1.165, 1.54) is 5.56 Å². The molecule has 2 fully saturated rings. The largest absolute Gasteiger partial charge is 0.342 e. The van der Waals surface area contributed by atoms with Crippen LogP contribution in [0.4, 0.5) is 0 Å². The second-order valence-corrected chi connectivity index (χ2v) is 8.77. The highest BCUT2D eigenvalue weighted by Crippen LogP contribution is 2.25. The van der Waals surface area contributed by atoms with Crippen LogP contribution < -0.4 is 0 Å². The number of aromatic nitrogens is 1. The Morgan fingerprint density at radius 3 is 2.11 bits per heavy atom. The zero-order valence-corrected chi connectivity index (χ0v) is 16.9. The molecule has 3 rings (SSSR count). The summed E-state index contributed by atoms with van der Waals surface area (Å²) in [7, 11) is 0. The standard InChI is InChI=1S/C21H32N4O2/c1-21(2,3)20(27)25-10-6-18(7-11-25)19(26)24-14-12-23(13-15-24)16-17-4-8-22-9-5-17/h4-5,8-9,18H,6-7,10-16H2,1-3H3. The normalized spacial score (nSPS) is 20.0. The lowest BCUT2D eigenvalue weighted by atomic mass is 9.90. The quantitative estimate of drug-likeness (QED) is 0.814. The first-order chi connectivity index (χ1) is 12.8. The predicted molar refractivity (Wildman–Crippen MR) is 105 cm³/mol. The van der Waals surface area contributed by atoms with Crippen LogP contribution in [0.5, 0.6) is 0 Å². The molecular formula is C21H32N4O2. The number of piperazine rings is 1. The summed E-state index contributed by atoms with van der Waals surface area (Å²) in [5.41, 5.74) is 0.919. The van der Waals surface area contributed by atoms with Gasteiger partial charge in [0.25, 0.3) is 0 Å². The number of hydrogen-bond donors (Lipinski definition) is 0. The third-order valence-electron chi connectivity index (χ3n) is 5.61. The van der Waals surface area contributed by atoms with E-state index in [9.17, 15) is 9.59 Å². The summed E-state index contributed by atoms with van der Waals surface area (Å²) in [6.45, 7) is 11.6. The second kappa shape index (κ2) is 8.38. The number of carbonyl (C=O) groups is 2. The topological polar surface area (TPSA) is 56.8 Å². The molecule has 2 amide bonds. The predicted octanol–water partition coefficient (Wildman–Crippen LogP) is 2.01. The fraction of sp³-hybridized carbons (Fsp3) is 0.667. The molecule has 0 N–H and O–H groups in total. The zero-order chi connectivity index (χ0) is 19.4. The van der Waals surface area contributed by atoms with Gasteiger partial charge in [0.2, 0.25) is 11.8 Å². The molecule has 6 heteroatoms. The van der Waals surface area contributed by atoms with Crippen molar-refractivity contribution in [1.29, 1.82) is 0 Å². The SMILES string of the molecule is CC(C)(C)C(=O)N1CCC(C(=O)N2CCN(Cc3ccncc3)CC2)CC1. The van der Waals surface area contributed by atoms with E-state index in [1.807, 2.05) is 55.1 Å². The number of likely N-dealkylation sites (tertiary alicyclic amines) is 1. The second-order valence-electron chi connectivity index (χ2n) is 8.77. The first-order valence-corrected chi connectivity index (χ1v) is 10.0. The Hall–Kier alpha value is -1.95. The third-order valence-corrected chi connectivity index (χ3v) is 5.61. The minimum atomic E-state index is -0.345. The van der Waals surface area contributed by atoms with E-state index in [2.05, 4.69) is 9.88 Å². The molecule has 0 unspecified atom stereocenters. The van der Waals surface area contributed by atoms with E-state index in [-0.39, 0.29) is 23.1 Å². The molecular weight excluding hydrogens is 340 g/mol. The van der Waals surface area contributed by atoms with Crippen molar-refractivity contribution in [2.24, 2.45) is 11.3 Å². The van der Waals surface area contributed by atoms with Gasteiger partial charge in [0.05, 0.1) is 0 Å². The highest BCUT2D eigenvalue weighted by atomic mass is 16.2. The lowest BCUT2D eigenvalue weighted by Crippen LogP contribution is -2.52.